The summed E-state index contributed by atoms with van der Waals surface area (Å²) in [6.07, 6.45) is 0. The highest BCUT2D eigenvalue weighted by Crippen LogP contribution is 2.17. The van der Waals surface area contributed by atoms with Gasteiger partial charge in [-0.05, 0) is 39.8 Å². The molecule has 0 aliphatic heterocycles. The molecule has 0 amide bonds. The maximum atomic E-state index is 4.43. The quantitative estimate of drug-likeness (QED) is 0.886. The van der Waals surface area contributed by atoms with Crippen LogP contribution >= 0.6 is 11.3 Å². The average molecular weight is 235 g/mol. The molecule has 0 saturated heterocycles. The number of hydrogen-bond donors (Lipinski definition) is 1. The Balaban J connectivity index is 2.11. The molecule has 0 atom stereocenters. The van der Waals surface area contributed by atoms with E-state index in [1.54, 1.807) is 11.3 Å². The van der Waals surface area contributed by atoms with Gasteiger partial charge in [-0.3, -0.25) is 4.68 Å². The molecule has 1 N–H and O–H groups in total. The Morgan fingerprint density at radius 3 is 2.31 bits per heavy atom. The number of rotatable bonds is 3. The molecule has 0 fully saturated rings. The van der Waals surface area contributed by atoms with E-state index in [0.717, 1.165) is 17.2 Å². The molecule has 16 heavy (non-hydrogen) atoms. The summed E-state index contributed by atoms with van der Waals surface area (Å²) in [7, 11) is 0. The molecule has 0 spiro atoms. The zero-order chi connectivity index (χ0) is 11.7. The summed E-state index contributed by atoms with van der Waals surface area (Å²) in [6.45, 7) is 9.16. The van der Waals surface area contributed by atoms with Gasteiger partial charge in [-0.25, -0.2) is 4.98 Å². The monoisotopic (exact) mass is 235 g/mol. The van der Waals surface area contributed by atoms with E-state index in [2.05, 4.69) is 48.0 Å². The van der Waals surface area contributed by atoms with Gasteiger partial charge in [0.25, 0.3) is 0 Å². The van der Waals surface area contributed by atoms with E-state index in [0.29, 0.717) is 0 Å². The van der Waals surface area contributed by atoms with E-state index in [1.807, 2.05) is 6.92 Å². The normalized spacial score (nSPS) is 10.8. The van der Waals surface area contributed by atoms with E-state index in [1.165, 1.54) is 16.3 Å². The fourth-order valence-electron chi connectivity index (χ4n) is 1.81. The summed E-state index contributed by atoms with van der Waals surface area (Å²) in [6, 6.07) is 4.24. The van der Waals surface area contributed by atoms with Gasteiger partial charge in [0.05, 0.1) is 17.2 Å². The van der Waals surface area contributed by atoms with E-state index in [9.17, 15) is 0 Å². The molecule has 2 aromatic heterocycles. The molecule has 3 nitrogen and oxygen atoms in total. The van der Waals surface area contributed by atoms with Gasteiger partial charge in [0.2, 0.25) is 0 Å². The Morgan fingerprint density at radius 1 is 1.19 bits per heavy atom. The first kappa shape index (κ1) is 11.2. The summed E-state index contributed by atoms with van der Waals surface area (Å²) >= 11 is 1.76. The van der Waals surface area contributed by atoms with Gasteiger partial charge in [-0.15, -0.1) is 11.3 Å². The first-order valence-corrected chi connectivity index (χ1v) is 6.21. The third-order valence-corrected chi connectivity index (χ3v) is 3.74. The Labute approximate surface area is 100 Å². The second kappa shape index (κ2) is 4.29. The first-order valence-electron chi connectivity index (χ1n) is 5.39. The Bertz CT molecular complexity index is 477. The van der Waals surface area contributed by atoms with Crippen LogP contribution in [-0.4, -0.2) is 9.66 Å². The molecule has 0 unspecified atom stereocenters. The molecular formula is C12H17N3S. The van der Waals surface area contributed by atoms with Crippen molar-refractivity contribution in [3.8, 4) is 0 Å². The number of hydrogen-bond acceptors (Lipinski definition) is 3. The van der Waals surface area contributed by atoms with E-state index in [-0.39, 0.29) is 0 Å². The Morgan fingerprint density at radius 2 is 1.81 bits per heavy atom. The van der Waals surface area contributed by atoms with Crippen LogP contribution in [0.2, 0.25) is 0 Å². The second-order valence-corrected chi connectivity index (χ2v) is 5.32. The topological polar surface area (TPSA) is 29.9 Å². The van der Waals surface area contributed by atoms with Gasteiger partial charge in [-0.1, -0.05) is 0 Å². The van der Waals surface area contributed by atoms with Gasteiger partial charge in [-0.2, -0.15) is 0 Å². The number of thiazole rings is 1. The lowest BCUT2D eigenvalue weighted by Gasteiger charge is -2.11. The molecular weight excluding hydrogens is 218 g/mol. The molecule has 0 aromatic carbocycles. The summed E-state index contributed by atoms with van der Waals surface area (Å²) in [5, 5.41) is 1.13. The molecule has 2 aromatic rings. The van der Waals surface area contributed by atoms with Crippen molar-refractivity contribution in [2.75, 3.05) is 5.43 Å². The molecule has 0 aliphatic rings. The van der Waals surface area contributed by atoms with Crippen molar-refractivity contribution in [3.63, 3.8) is 0 Å². The van der Waals surface area contributed by atoms with Crippen molar-refractivity contribution in [2.45, 2.75) is 34.2 Å². The lowest BCUT2D eigenvalue weighted by molar-refractivity contribution is 0.794. The summed E-state index contributed by atoms with van der Waals surface area (Å²) < 4.78 is 2.12. The first-order chi connectivity index (χ1) is 7.58. The van der Waals surface area contributed by atoms with Crippen molar-refractivity contribution >= 4 is 11.3 Å². The highest BCUT2D eigenvalue weighted by molar-refractivity contribution is 7.11. The number of aryl methyl sites for hydroxylation is 4. The highest BCUT2D eigenvalue weighted by Gasteiger charge is 2.05. The summed E-state index contributed by atoms with van der Waals surface area (Å²) in [5.41, 5.74) is 7.02. The van der Waals surface area contributed by atoms with E-state index < -0.39 is 0 Å². The van der Waals surface area contributed by atoms with Crippen molar-refractivity contribution in [3.05, 3.63) is 39.1 Å². The van der Waals surface area contributed by atoms with Crippen LogP contribution in [-0.2, 0) is 6.54 Å². The summed E-state index contributed by atoms with van der Waals surface area (Å²) in [4.78, 5) is 5.74. The number of nitrogens with zero attached hydrogens (tertiary/aromatic N) is 2. The molecule has 2 rings (SSSR count). The maximum Gasteiger partial charge on any atom is 0.0900 e. The molecule has 86 valence electrons. The highest BCUT2D eigenvalue weighted by atomic mass is 32.1. The third-order valence-electron chi connectivity index (χ3n) is 2.67. The lowest BCUT2D eigenvalue weighted by atomic mass is 10.4. The molecule has 2 heterocycles. The fraction of sp³-hybridized carbons (Fsp3) is 0.417. The van der Waals surface area contributed by atoms with Gasteiger partial charge >= 0.3 is 0 Å². The number of nitrogens with one attached hydrogen (secondary N) is 1. The minimum atomic E-state index is 0.841. The lowest BCUT2D eigenvalue weighted by Crippen LogP contribution is -2.16. The molecule has 0 aliphatic carbocycles. The average Bonchev–Trinajstić information content (AvgIpc) is 2.69. The second-order valence-electron chi connectivity index (χ2n) is 4.03. The Kier molecular flexibility index (Phi) is 3.01. The fourth-order valence-corrected chi connectivity index (χ4v) is 2.68. The van der Waals surface area contributed by atoms with Crippen LogP contribution in [0.25, 0.3) is 0 Å². The minimum absolute atomic E-state index is 0.841. The van der Waals surface area contributed by atoms with Crippen LogP contribution in [0, 0.1) is 27.7 Å². The van der Waals surface area contributed by atoms with Crippen LogP contribution in [0.1, 0.15) is 27.0 Å². The SMILES string of the molecule is Cc1nc(C)c(CNn2c(C)ccc2C)s1. The largest absolute Gasteiger partial charge is 0.321 e. The molecule has 0 saturated carbocycles. The summed E-state index contributed by atoms with van der Waals surface area (Å²) in [5.74, 6) is 0. The Hall–Kier alpha value is -1.29. The molecule has 0 bridgehead atoms. The van der Waals surface area contributed by atoms with Crippen molar-refractivity contribution in [1.29, 1.82) is 0 Å². The van der Waals surface area contributed by atoms with Crippen molar-refractivity contribution in [1.82, 2.24) is 9.66 Å². The van der Waals surface area contributed by atoms with Gasteiger partial charge in [0.1, 0.15) is 0 Å². The van der Waals surface area contributed by atoms with Gasteiger partial charge in [0, 0.05) is 16.3 Å². The molecule has 0 radical (unpaired) electrons. The van der Waals surface area contributed by atoms with Gasteiger partial charge in [0.15, 0.2) is 0 Å². The third kappa shape index (κ3) is 2.11. The van der Waals surface area contributed by atoms with Crippen LogP contribution in [0.5, 0.6) is 0 Å². The maximum absolute atomic E-state index is 4.43. The van der Waals surface area contributed by atoms with Crippen molar-refractivity contribution < 1.29 is 0 Å². The van der Waals surface area contributed by atoms with Crippen LogP contribution in [0.4, 0.5) is 0 Å². The van der Waals surface area contributed by atoms with Crippen LogP contribution in [0.15, 0.2) is 12.1 Å². The zero-order valence-corrected chi connectivity index (χ0v) is 11.0. The standard InChI is InChI=1S/C12H17N3S/c1-8-5-6-9(2)15(8)13-7-12-10(3)14-11(4)16-12/h5-6,13H,7H2,1-4H3. The predicted octanol–water partition coefficient (Wildman–Crippen LogP) is 2.92. The van der Waals surface area contributed by atoms with E-state index in [4.69, 9.17) is 0 Å². The predicted molar refractivity (Wildman–Crippen MR) is 68.6 cm³/mol. The van der Waals surface area contributed by atoms with Crippen molar-refractivity contribution in [2.24, 2.45) is 0 Å². The number of aromatic nitrogens is 2. The zero-order valence-electron chi connectivity index (χ0n) is 10.2. The molecule has 4 heteroatoms. The van der Waals surface area contributed by atoms with Crippen LogP contribution < -0.4 is 5.43 Å². The van der Waals surface area contributed by atoms with Gasteiger partial charge < -0.3 is 5.43 Å². The van der Waals surface area contributed by atoms with E-state index >= 15 is 0 Å². The minimum Gasteiger partial charge on any atom is -0.321 e. The smallest absolute Gasteiger partial charge is 0.0900 e. The van der Waals surface area contributed by atoms with Crippen LogP contribution in [0.3, 0.4) is 0 Å².